The van der Waals surface area contributed by atoms with Crippen LogP contribution in [-0.2, 0) is 11.3 Å². The van der Waals surface area contributed by atoms with Gasteiger partial charge in [-0.3, -0.25) is 4.79 Å². The number of amides is 1. The number of hydrogen-bond acceptors (Lipinski definition) is 2. The number of methoxy groups -OCH3 is 1. The number of carbonyl (C=O) groups excluding carboxylic acids is 1. The lowest BCUT2D eigenvalue weighted by atomic mass is 10.1. The molecule has 23 heavy (non-hydrogen) atoms. The molecule has 0 saturated carbocycles. The number of hydrogen-bond donors (Lipinski definition) is 1. The Morgan fingerprint density at radius 2 is 1.52 bits per heavy atom. The molecule has 0 bridgehead atoms. The summed E-state index contributed by atoms with van der Waals surface area (Å²) in [6.45, 7) is 0.594. The monoisotopic (exact) mass is 383 g/mol. The predicted molar refractivity (Wildman–Crippen MR) is 100 cm³/mol. The number of halogens is 1. The first-order valence-electron chi connectivity index (χ1n) is 8.72. The summed E-state index contributed by atoms with van der Waals surface area (Å²) in [4.78, 5) is 11.8. The molecule has 1 aromatic carbocycles. The van der Waals surface area contributed by atoms with Crippen molar-refractivity contribution in [3.05, 3.63) is 29.8 Å². The SMILES string of the molecule is COc1ccc(CNC(=O)CCCCCCCCCCBr)cc1. The van der Waals surface area contributed by atoms with Crippen LogP contribution in [0.1, 0.15) is 63.4 Å². The summed E-state index contributed by atoms with van der Waals surface area (Å²) in [5.41, 5.74) is 1.10. The third kappa shape index (κ3) is 10.4. The molecule has 1 aromatic rings. The highest BCUT2D eigenvalue weighted by Crippen LogP contribution is 2.12. The minimum Gasteiger partial charge on any atom is -0.497 e. The molecule has 0 aliphatic rings. The molecular weight excluding hydrogens is 354 g/mol. The number of rotatable bonds is 13. The highest BCUT2D eigenvalue weighted by Gasteiger charge is 2.02. The molecule has 1 N–H and O–H groups in total. The molecule has 0 saturated heterocycles. The molecule has 1 rings (SSSR count). The van der Waals surface area contributed by atoms with E-state index in [1.807, 2.05) is 24.3 Å². The third-order valence-corrected chi connectivity index (χ3v) is 4.50. The number of unbranched alkanes of at least 4 members (excludes halogenated alkanes) is 7. The minimum atomic E-state index is 0.151. The van der Waals surface area contributed by atoms with E-state index in [-0.39, 0.29) is 5.91 Å². The number of ether oxygens (including phenoxy) is 1. The first-order chi connectivity index (χ1) is 11.3. The van der Waals surface area contributed by atoms with Crippen molar-refractivity contribution in [1.82, 2.24) is 5.32 Å². The van der Waals surface area contributed by atoms with Crippen molar-refractivity contribution in [3.63, 3.8) is 0 Å². The average molecular weight is 384 g/mol. The topological polar surface area (TPSA) is 38.3 Å². The lowest BCUT2D eigenvalue weighted by Gasteiger charge is -2.06. The zero-order chi connectivity index (χ0) is 16.8. The lowest BCUT2D eigenvalue weighted by Crippen LogP contribution is -2.22. The number of alkyl halides is 1. The predicted octanol–water partition coefficient (Wildman–Crippen LogP) is 5.22. The Hall–Kier alpha value is -1.03. The van der Waals surface area contributed by atoms with Crippen LogP contribution in [0.5, 0.6) is 5.75 Å². The van der Waals surface area contributed by atoms with Crippen LogP contribution in [0.3, 0.4) is 0 Å². The Morgan fingerprint density at radius 1 is 0.957 bits per heavy atom. The van der Waals surface area contributed by atoms with Crippen LogP contribution in [0.25, 0.3) is 0 Å². The maximum absolute atomic E-state index is 11.8. The summed E-state index contributed by atoms with van der Waals surface area (Å²) >= 11 is 3.46. The average Bonchev–Trinajstić information content (AvgIpc) is 2.59. The van der Waals surface area contributed by atoms with E-state index in [9.17, 15) is 4.79 Å². The van der Waals surface area contributed by atoms with Crippen molar-refractivity contribution < 1.29 is 9.53 Å². The van der Waals surface area contributed by atoms with Crippen molar-refractivity contribution in [2.45, 2.75) is 64.3 Å². The Balaban J connectivity index is 1.97. The maximum Gasteiger partial charge on any atom is 0.220 e. The van der Waals surface area contributed by atoms with Crippen LogP contribution in [0, 0.1) is 0 Å². The molecule has 0 radical (unpaired) electrons. The Labute approximate surface area is 149 Å². The molecule has 0 spiro atoms. The van der Waals surface area contributed by atoms with E-state index in [1.165, 1.54) is 38.5 Å². The van der Waals surface area contributed by atoms with Gasteiger partial charge in [0, 0.05) is 18.3 Å². The molecule has 0 aliphatic heterocycles. The van der Waals surface area contributed by atoms with Gasteiger partial charge in [0.15, 0.2) is 0 Å². The second-order valence-electron chi connectivity index (χ2n) is 5.89. The van der Waals surface area contributed by atoms with E-state index in [2.05, 4.69) is 21.2 Å². The van der Waals surface area contributed by atoms with Gasteiger partial charge in [0.2, 0.25) is 5.91 Å². The van der Waals surface area contributed by atoms with Gasteiger partial charge >= 0.3 is 0 Å². The van der Waals surface area contributed by atoms with Crippen LogP contribution in [-0.4, -0.2) is 18.3 Å². The Morgan fingerprint density at radius 3 is 2.09 bits per heavy atom. The van der Waals surface area contributed by atoms with Crippen LogP contribution in [0.15, 0.2) is 24.3 Å². The van der Waals surface area contributed by atoms with Crippen molar-refractivity contribution in [2.75, 3.05) is 12.4 Å². The second-order valence-corrected chi connectivity index (χ2v) is 6.69. The van der Waals surface area contributed by atoms with Gasteiger partial charge in [-0.15, -0.1) is 0 Å². The fourth-order valence-corrected chi connectivity index (χ4v) is 2.87. The van der Waals surface area contributed by atoms with Crippen molar-refractivity contribution in [2.24, 2.45) is 0 Å². The van der Waals surface area contributed by atoms with Crippen LogP contribution < -0.4 is 10.1 Å². The van der Waals surface area contributed by atoms with Gasteiger partial charge < -0.3 is 10.1 Å². The summed E-state index contributed by atoms with van der Waals surface area (Å²) in [6.07, 6.45) is 10.6. The fraction of sp³-hybridized carbons (Fsp3) is 0.632. The molecule has 1 amide bonds. The molecule has 4 heteroatoms. The van der Waals surface area contributed by atoms with Gasteiger partial charge in [0.25, 0.3) is 0 Å². The maximum atomic E-state index is 11.8. The zero-order valence-corrected chi connectivity index (χ0v) is 15.9. The van der Waals surface area contributed by atoms with E-state index in [1.54, 1.807) is 7.11 Å². The summed E-state index contributed by atoms with van der Waals surface area (Å²) in [6, 6.07) is 7.79. The smallest absolute Gasteiger partial charge is 0.220 e. The van der Waals surface area contributed by atoms with Crippen LogP contribution in [0.2, 0.25) is 0 Å². The molecule has 0 unspecified atom stereocenters. The van der Waals surface area contributed by atoms with Gasteiger partial charge in [-0.2, -0.15) is 0 Å². The highest BCUT2D eigenvalue weighted by atomic mass is 79.9. The molecule has 0 aliphatic carbocycles. The van der Waals surface area contributed by atoms with Crippen molar-refractivity contribution in [1.29, 1.82) is 0 Å². The quantitative estimate of drug-likeness (QED) is 0.374. The van der Waals surface area contributed by atoms with Gasteiger partial charge in [0.1, 0.15) is 5.75 Å². The van der Waals surface area contributed by atoms with Crippen LogP contribution in [0.4, 0.5) is 0 Å². The molecular formula is C19H30BrNO2. The number of nitrogens with one attached hydrogen (secondary N) is 1. The van der Waals surface area contributed by atoms with E-state index >= 15 is 0 Å². The molecule has 3 nitrogen and oxygen atoms in total. The number of benzene rings is 1. The van der Waals surface area contributed by atoms with E-state index in [0.29, 0.717) is 13.0 Å². The highest BCUT2D eigenvalue weighted by molar-refractivity contribution is 9.09. The summed E-state index contributed by atoms with van der Waals surface area (Å²) in [5.74, 6) is 0.991. The minimum absolute atomic E-state index is 0.151. The normalized spacial score (nSPS) is 10.5. The molecule has 0 heterocycles. The lowest BCUT2D eigenvalue weighted by molar-refractivity contribution is -0.121. The van der Waals surface area contributed by atoms with E-state index < -0.39 is 0 Å². The van der Waals surface area contributed by atoms with Gasteiger partial charge in [0.05, 0.1) is 7.11 Å². The molecule has 0 atom stereocenters. The first-order valence-corrected chi connectivity index (χ1v) is 9.84. The standard InChI is InChI=1S/C19H30BrNO2/c1-23-18-13-11-17(12-14-18)16-21-19(22)10-8-6-4-2-3-5-7-9-15-20/h11-14H,2-10,15-16H2,1H3,(H,21,22). The summed E-state index contributed by atoms with van der Waals surface area (Å²) in [7, 11) is 1.65. The molecule has 0 aromatic heterocycles. The van der Waals surface area contributed by atoms with E-state index in [4.69, 9.17) is 4.74 Å². The number of carbonyl (C=O) groups is 1. The second kappa shape index (κ2) is 13.4. The largest absolute Gasteiger partial charge is 0.497 e. The fourth-order valence-electron chi connectivity index (χ4n) is 2.47. The third-order valence-electron chi connectivity index (χ3n) is 3.94. The Kier molecular flexibility index (Phi) is 11.7. The van der Waals surface area contributed by atoms with Crippen molar-refractivity contribution in [3.8, 4) is 5.75 Å². The molecule has 0 fully saturated rings. The molecule has 130 valence electrons. The summed E-state index contributed by atoms with van der Waals surface area (Å²) in [5, 5.41) is 4.10. The summed E-state index contributed by atoms with van der Waals surface area (Å²) < 4.78 is 5.12. The van der Waals surface area contributed by atoms with Gasteiger partial charge in [-0.25, -0.2) is 0 Å². The van der Waals surface area contributed by atoms with Crippen LogP contribution >= 0.6 is 15.9 Å². The van der Waals surface area contributed by atoms with Crippen molar-refractivity contribution >= 4 is 21.8 Å². The van der Waals surface area contributed by atoms with Gasteiger partial charge in [-0.1, -0.05) is 66.6 Å². The zero-order valence-electron chi connectivity index (χ0n) is 14.3. The first kappa shape index (κ1) is 20.0. The van der Waals surface area contributed by atoms with Gasteiger partial charge in [-0.05, 0) is 30.5 Å². The van der Waals surface area contributed by atoms with E-state index in [0.717, 1.165) is 29.5 Å². The Bertz CT molecular complexity index is 420.